The van der Waals surface area contributed by atoms with Gasteiger partial charge in [0.25, 0.3) is 11.8 Å². The Balaban J connectivity index is 1.65. The van der Waals surface area contributed by atoms with Gasteiger partial charge in [-0.15, -0.1) is 0 Å². The average Bonchev–Trinajstić information content (AvgIpc) is 3.21. The van der Waals surface area contributed by atoms with Crippen molar-refractivity contribution in [3.63, 3.8) is 0 Å². The van der Waals surface area contributed by atoms with Gasteiger partial charge in [0.05, 0.1) is 44.7 Å². The van der Waals surface area contributed by atoms with Gasteiger partial charge in [-0.3, -0.25) is 24.5 Å². The van der Waals surface area contributed by atoms with Crippen LogP contribution < -0.4 is 5.32 Å². The van der Waals surface area contributed by atoms with Crippen molar-refractivity contribution in [1.82, 2.24) is 15.0 Å². The molecule has 2 aliphatic rings. The quantitative estimate of drug-likeness (QED) is 0.413. The number of hydrogen-bond donors (Lipinski definition) is 1. The van der Waals surface area contributed by atoms with Crippen LogP contribution in [0, 0.1) is 0 Å². The summed E-state index contributed by atoms with van der Waals surface area (Å²) in [6, 6.07) is 7.80. The summed E-state index contributed by atoms with van der Waals surface area (Å²) in [5.41, 5.74) is -3.19. The molecule has 0 aromatic heterocycles. The summed E-state index contributed by atoms with van der Waals surface area (Å²) in [4.78, 5) is 51.4. The molecule has 0 bridgehead atoms. The number of benzene rings is 2. The van der Waals surface area contributed by atoms with E-state index in [2.05, 4.69) is 0 Å². The Kier molecular flexibility index (Phi) is 6.98. The molecule has 1 saturated heterocycles. The summed E-state index contributed by atoms with van der Waals surface area (Å²) in [5, 5.41) is -2.78. The normalized spacial score (nSPS) is 22.8. The molecule has 0 aliphatic carbocycles. The number of carbonyl (C=O) groups excluding carboxylic acids is 4. The van der Waals surface area contributed by atoms with E-state index in [9.17, 15) is 28.0 Å². The van der Waals surface area contributed by atoms with Crippen LogP contribution >= 0.6 is 11.6 Å². The standard InChI is InChI=1S/C22H11B7ClF2N3O4/c23-14-15(36)33-17(38)21(26,20(14,24)25)34-8-9-7-11(3-6-13(9)16(34)37)22(27,28)35(29)18(39)19(31,32)10-1-4-12(30)5-2-10/h1-7,14H,8H2,(H,33,36,38)/t14?,21-/m0/s1. The van der Waals surface area contributed by atoms with E-state index < -0.39 is 63.5 Å². The van der Waals surface area contributed by atoms with E-state index in [1.807, 2.05) is 5.32 Å². The van der Waals surface area contributed by atoms with Gasteiger partial charge in [0.1, 0.15) is 7.85 Å². The van der Waals surface area contributed by atoms with Crippen molar-refractivity contribution in [3.8, 4) is 0 Å². The van der Waals surface area contributed by atoms with E-state index in [0.717, 1.165) is 29.2 Å². The summed E-state index contributed by atoms with van der Waals surface area (Å²) in [5.74, 6) is -10.7. The second-order valence-electron chi connectivity index (χ2n) is 9.34. The molecule has 0 spiro atoms. The Morgan fingerprint density at radius 2 is 1.62 bits per heavy atom. The number of fused-ring (bicyclic) bond motifs is 1. The molecular weight excluding hydrogens is 519 g/mol. The highest BCUT2D eigenvalue weighted by Gasteiger charge is 2.59. The number of alkyl halides is 2. The van der Waals surface area contributed by atoms with Gasteiger partial charge in [-0.05, 0) is 40.5 Å². The van der Waals surface area contributed by atoms with Crippen molar-refractivity contribution in [2.75, 3.05) is 0 Å². The van der Waals surface area contributed by atoms with E-state index in [0.29, 0.717) is 0 Å². The fourth-order valence-electron chi connectivity index (χ4n) is 4.39. The number of hydrogen-bond acceptors (Lipinski definition) is 4. The highest BCUT2D eigenvalue weighted by molar-refractivity contribution is 6.57. The number of piperidine rings is 1. The summed E-state index contributed by atoms with van der Waals surface area (Å²) < 4.78 is 29.9. The lowest BCUT2D eigenvalue weighted by Crippen LogP contribution is -2.72. The molecule has 7 nitrogen and oxygen atoms in total. The van der Waals surface area contributed by atoms with Gasteiger partial charge in [0.15, 0.2) is 0 Å². The SMILES string of the molecule is [B]C1C(=O)NC(=O)[C@]([B])(N2Cc3cc(C([B])([B])N([B])C(=O)C(F)(F)c4ccc(Cl)cc4)ccc3C2=O)C1([B])[B]. The third kappa shape index (κ3) is 4.26. The monoisotopic (exact) mass is 531 g/mol. The van der Waals surface area contributed by atoms with Gasteiger partial charge < -0.3 is 9.71 Å². The molecule has 1 fully saturated rings. The maximum atomic E-state index is 14.9. The first kappa shape index (κ1) is 29.1. The summed E-state index contributed by atoms with van der Waals surface area (Å²) in [6.07, 6.45) is 0. The number of halogens is 3. The van der Waals surface area contributed by atoms with E-state index in [1.54, 1.807) is 0 Å². The molecule has 14 radical (unpaired) electrons. The predicted octanol–water partition coefficient (Wildman–Crippen LogP) is -0.621. The summed E-state index contributed by atoms with van der Waals surface area (Å²) in [7, 11) is 41.8. The van der Waals surface area contributed by atoms with Gasteiger partial charge in [0, 0.05) is 22.7 Å². The zero-order chi connectivity index (χ0) is 29.3. The first-order chi connectivity index (χ1) is 17.9. The van der Waals surface area contributed by atoms with E-state index in [4.69, 9.17) is 66.7 Å². The molecule has 4 rings (SSSR count). The topological polar surface area (TPSA) is 86.8 Å². The molecule has 4 amide bonds. The fourth-order valence-corrected chi connectivity index (χ4v) is 4.51. The van der Waals surface area contributed by atoms with E-state index >= 15 is 0 Å². The molecular formula is C22H11B7ClF2N3O4. The van der Waals surface area contributed by atoms with Crippen molar-refractivity contribution in [2.45, 2.75) is 34.3 Å². The largest absolute Gasteiger partial charge is 0.398 e. The van der Waals surface area contributed by atoms with Crippen LogP contribution in [0.3, 0.4) is 0 Å². The van der Waals surface area contributed by atoms with Crippen LogP contribution in [-0.2, 0) is 32.2 Å². The van der Waals surface area contributed by atoms with Crippen molar-refractivity contribution >= 4 is 90.3 Å². The number of amides is 4. The summed E-state index contributed by atoms with van der Waals surface area (Å²) >= 11 is 5.72. The van der Waals surface area contributed by atoms with Crippen LogP contribution in [-0.4, -0.2) is 93.8 Å². The second kappa shape index (κ2) is 9.35. The second-order valence-corrected chi connectivity index (χ2v) is 9.78. The Morgan fingerprint density at radius 3 is 2.21 bits per heavy atom. The average molecular weight is 530 g/mol. The van der Waals surface area contributed by atoms with Gasteiger partial charge in [-0.2, -0.15) is 8.78 Å². The Hall–Kier alpha value is -2.88. The van der Waals surface area contributed by atoms with E-state index in [1.165, 1.54) is 18.2 Å². The fraction of sp³-hybridized carbons (Fsp3) is 0.273. The molecule has 17 heteroatoms. The van der Waals surface area contributed by atoms with Crippen LogP contribution in [0.1, 0.15) is 27.0 Å². The first-order valence-corrected chi connectivity index (χ1v) is 11.5. The lowest BCUT2D eigenvalue weighted by atomic mass is 9.31. The Morgan fingerprint density at radius 1 is 1.05 bits per heavy atom. The number of nitrogens with one attached hydrogen (secondary N) is 1. The third-order valence-corrected chi connectivity index (χ3v) is 7.18. The van der Waals surface area contributed by atoms with Gasteiger partial charge in [-0.1, -0.05) is 41.1 Å². The number of nitrogens with zero attached hydrogens (tertiary/aromatic N) is 2. The highest BCUT2D eigenvalue weighted by atomic mass is 35.5. The van der Waals surface area contributed by atoms with E-state index in [-0.39, 0.29) is 26.5 Å². The molecule has 180 valence electrons. The molecule has 1 unspecified atom stereocenters. The van der Waals surface area contributed by atoms with Gasteiger partial charge in [-0.25, -0.2) is 0 Å². The smallest absolute Gasteiger partial charge is 0.348 e. The molecule has 2 heterocycles. The molecule has 2 atom stereocenters. The van der Waals surface area contributed by atoms with Crippen molar-refractivity contribution in [3.05, 3.63) is 69.7 Å². The molecule has 0 saturated carbocycles. The maximum absolute atomic E-state index is 14.9. The van der Waals surface area contributed by atoms with Crippen molar-refractivity contribution < 1.29 is 28.0 Å². The van der Waals surface area contributed by atoms with Crippen molar-refractivity contribution in [2.24, 2.45) is 0 Å². The van der Waals surface area contributed by atoms with Crippen LogP contribution in [0.15, 0.2) is 42.5 Å². The number of imide groups is 1. The van der Waals surface area contributed by atoms with Gasteiger partial charge >= 0.3 is 5.92 Å². The minimum atomic E-state index is -4.13. The molecule has 2 aromatic carbocycles. The predicted molar refractivity (Wildman–Crippen MR) is 143 cm³/mol. The summed E-state index contributed by atoms with van der Waals surface area (Å²) in [6.45, 7) is -0.404. The first-order valence-electron chi connectivity index (χ1n) is 11.1. The lowest BCUT2D eigenvalue weighted by Gasteiger charge is -2.55. The number of carbonyl (C=O) groups is 4. The molecule has 39 heavy (non-hydrogen) atoms. The third-order valence-electron chi connectivity index (χ3n) is 6.93. The molecule has 1 N–H and O–H groups in total. The Labute approximate surface area is 237 Å². The lowest BCUT2D eigenvalue weighted by molar-refractivity contribution is -0.155. The van der Waals surface area contributed by atoms with Gasteiger partial charge in [0.2, 0.25) is 19.8 Å². The molecule has 2 aliphatic heterocycles. The number of rotatable bonds is 5. The highest BCUT2D eigenvalue weighted by Crippen LogP contribution is 2.49. The zero-order valence-electron chi connectivity index (χ0n) is 20.0. The Bertz CT molecular complexity index is 1410. The van der Waals surface area contributed by atoms with Crippen LogP contribution in [0.2, 0.25) is 16.1 Å². The van der Waals surface area contributed by atoms with Crippen molar-refractivity contribution in [1.29, 1.82) is 0 Å². The maximum Gasteiger partial charge on any atom is 0.348 e. The minimum absolute atomic E-state index is 0.00478. The van der Waals surface area contributed by atoms with Crippen LogP contribution in [0.25, 0.3) is 0 Å². The van der Waals surface area contributed by atoms with Crippen LogP contribution in [0.5, 0.6) is 0 Å². The minimum Gasteiger partial charge on any atom is -0.398 e. The zero-order valence-corrected chi connectivity index (χ0v) is 20.8. The van der Waals surface area contributed by atoms with Crippen LogP contribution in [0.4, 0.5) is 8.78 Å². The molecule has 2 aromatic rings.